The van der Waals surface area contributed by atoms with Crippen LogP contribution in [0.1, 0.15) is 23.2 Å². The van der Waals surface area contributed by atoms with Crippen LogP contribution < -0.4 is 0 Å². The zero-order valence-corrected chi connectivity index (χ0v) is 29.2. The third-order valence-electron chi connectivity index (χ3n) is 11.0. The molecule has 246 valence electrons. The summed E-state index contributed by atoms with van der Waals surface area (Å²) in [6.07, 6.45) is 6.79. The molecule has 0 unspecified atom stereocenters. The standard InChI is InChI=1S/C51H37N/c1-34-49(38-20-6-3-7-21-38)46(33-45(36-16-4-2-5-17-36)50(34)43-28-15-22-35-18-8-10-25-41(35)43)39-23-14-24-40(32-39)52-47-29-13-12-27-44(47)51-42-26-11-9-19-37(42)30-31-48(51)52/h2-11,13-26,28-33H,12,27H2,1H3. The second kappa shape index (κ2) is 12.4. The smallest absolute Gasteiger partial charge is 0.0544 e. The van der Waals surface area contributed by atoms with E-state index in [1.54, 1.807) is 0 Å². The molecule has 0 saturated heterocycles. The van der Waals surface area contributed by atoms with E-state index in [0.717, 1.165) is 12.8 Å². The fourth-order valence-corrected chi connectivity index (χ4v) is 8.76. The van der Waals surface area contributed by atoms with Gasteiger partial charge in [-0.25, -0.2) is 0 Å². The highest BCUT2D eigenvalue weighted by atomic mass is 15.0. The Bertz CT molecular complexity index is 2830. The fourth-order valence-electron chi connectivity index (χ4n) is 8.76. The van der Waals surface area contributed by atoms with Crippen molar-refractivity contribution in [2.75, 3.05) is 0 Å². The van der Waals surface area contributed by atoms with Crippen LogP contribution in [0.15, 0.2) is 176 Å². The number of nitrogens with zero attached hydrogens (tertiary/aromatic N) is 1. The number of aromatic nitrogens is 1. The van der Waals surface area contributed by atoms with E-state index in [2.05, 4.69) is 194 Å². The summed E-state index contributed by atoms with van der Waals surface area (Å²) in [5.41, 5.74) is 16.4. The van der Waals surface area contributed by atoms with Gasteiger partial charge in [0.05, 0.1) is 5.52 Å². The highest BCUT2D eigenvalue weighted by Gasteiger charge is 2.23. The normalized spacial score (nSPS) is 12.5. The van der Waals surface area contributed by atoms with Crippen LogP contribution in [0.3, 0.4) is 0 Å². The minimum atomic E-state index is 1.05. The van der Waals surface area contributed by atoms with E-state index in [1.807, 2.05) is 0 Å². The molecule has 10 rings (SSSR count). The van der Waals surface area contributed by atoms with Crippen LogP contribution in [0, 0.1) is 6.92 Å². The average Bonchev–Trinajstić information content (AvgIpc) is 3.56. The number of fused-ring (bicyclic) bond motifs is 6. The molecule has 0 spiro atoms. The van der Waals surface area contributed by atoms with Crippen molar-refractivity contribution in [3.8, 4) is 50.2 Å². The Morgan fingerprint density at radius 2 is 1.12 bits per heavy atom. The predicted octanol–water partition coefficient (Wildman–Crippen LogP) is 13.9. The van der Waals surface area contributed by atoms with Gasteiger partial charge in [0.25, 0.3) is 0 Å². The van der Waals surface area contributed by atoms with E-state index in [-0.39, 0.29) is 0 Å². The van der Waals surface area contributed by atoms with Crippen molar-refractivity contribution in [1.82, 2.24) is 4.57 Å². The lowest BCUT2D eigenvalue weighted by molar-refractivity contribution is 0.968. The minimum Gasteiger partial charge on any atom is -0.310 e. The van der Waals surface area contributed by atoms with Gasteiger partial charge in [0, 0.05) is 16.8 Å². The lowest BCUT2D eigenvalue weighted by Crippen LogP contribution is -2.01. The van der Waals surface area contributed by atoms with Gasteiger partial charge in [0.15, 0.2) is 0 Å². The molecule has 0 amide bonds. The Morgan fingerprint density at radius 1 is 0.481 bits per heavy atom. The first-order valence-corrected chi connectivity index (χ1v) is 18.3. The molecule has 52 heavy (non-hydrogen) atoms. The van der Waals surface area contributed by atoms with Crippen LogP contribution in [-0.4, -0.2) is 4.57 Å². The maximum atomic E-state index is 2.49. The summed E-state index contributed by atoms with van der Waals surface area (Å²) < 4.78 is 2.49. The molecule has 1 aliphatic carbocycles. The quantitative estimate of drug-likeness (QED) is 0.173. The molecule has 1 aliphatic rings. The van der Waals surface area contributed by atoms with Gasteiger partial charge in [0.2, 0.25) is 0 Å². The largest absolute Gasteiger partial charge is 0.310 e. The van der Waals surface area contributed by atoms with Crippen LogP contribution in [0.2, 0.25) is 0 Å². The van der Waals surface area contributed by atoms with Crippen LogP contribution in [0.25, 0.3) is 88.7 Å². The molecule has 0 saturated carbocycles. The molecule has 0 N–H and O–H groups in total. The number of allylic oxidation sites excluding steroid dienone is 1. The SMILES string of the molecule is Cc1c(-c2ccccc2)c(-c2cccc(-n3c4c(c5c6ccccc6ccc53)CCC=C4)c2)cc(-c2ccccc2)c1-c1cccc2ccccc12. The van der Waals surface area contributed by atoms with Crippen LogP contribution in [0.5, 0.6) is 0 Å². The molecule has 1 aromatic heterocycles. The third-order valence-corrected chi connectivity index (χ3v) is 11.0. The van der Waals surface area contributed by atoms with E-state index in [0.29, 0.717) is 0 Å². The van der Waals surface area contributed by atoms with Gasteiger partial charge in [-0.05, 0) is 127 Å². The van der Waals surface area contributed by atoms with Crippen molar-refractivity contribution in [3.05, 3.63) is 193 Å². The Balaban J connectivity index is 1.27. The number of aryl methyl sites for hydroxylation is 1. The minimum absolute atomic E-state index is 1.05. The van der Waals surface area contributed by atoms with Gasteiger partial charge >= 0.3 is 0 Å². The number of hydrogen-bond acceptors (Lipinski definition) is 0. The zero-order chi connectivity index (χ0) is 34.6. The molecule has 0 radical (unpaired) electrons. The Hall–Kier alpha value is -6.44. The molecule has 1 nitrogen and oxygen atoms in total. The zero-order valence-electron chi connectivity index (χ0n) is 29.2. The first-order chi connectivity index (χ1) is 25.7. The highest BCUT2D eigenvalue weighted by molar-refractivity contribution is 6.11. The molecule has 0 atom stereocenters. The van der Waals surface area contributed by atoms with E-state index < -0.39 is 0 Å². The summed E-state index contributed by atoms with van der Waals surface area (Å²) in [5.74, 6) is 0. The van der Waals surface area contributed by atoms with Gasteiger partial charge in [-0.3, -0.25) is 0 Å². The monoisotopic (exact) mass is 663 g/mol. The Morgan fingerprint density at radius 3 is 1.92 bits per heavy atom. The van der Waals surface area contributed by atoms with E-state index in [1.165, 1.54) is 99.5 Å². The first-order valence-electron chi connectivity index (χ1n) is 18.3. The average molecular weight is 664 g/mol. The van der Waals surface area contributed by atoms with Crippen LogP contribution >= 0.6 is 0 Å². The second-order valence-electron chi connectivity index (χ2n) is 14.0. The summed E-state index contributed by atoms with van der Waals surface area (Å²) in [5, 5.41) is 6.53. The molecule has 0 fully saturated rings. The molecule has 1 heteroatoms. The van der Waals surface area contributed by atoms with Crippen molar-refractivity contribution in [1.29, 1.82) is 0 Å². The number of rotatable bonds is 5. The topological polar surface area (TPSA) is 4.93 Å². The van der Waals surface area contributed by atoms with Crippen molar-refractivity contribution in [3.63, 3.8) is 0 Å². The first kappa shape index (κ1) is 30.4. The third kappa shape index (κ3) is 4.85. The van der Waals surface area contributed by atoms with Crippen molar-refractivity contribution >= 4 is 38.5 Å². The Kier molecular flexibility index (Phi) is 7.25. The summed E-state index contributed by atoms with van der Waals surface area (Å²) >= 11 is 0. The summed E-state index contributed by atoms with van der Waals surface area (Å²) in [6, 6.07) is 62.5. The molecule has 0 aliphatic heterocycles. The van der Waals surface area contributed by atoms with Gasteiger partial charge < -0.3 is 4.57 Å². The van der Waals surface area contributed by atoms with E-state index in [9.17, 15) is 0 Å². The summed E-state index contributed by atoms with van der Waals surface area (Å²) in [4.78, 5) is 0. The van der Waals surface area contributed by atoms with E-state index >= 15 is 0 Å². The van der Waals surface area contributed by atoms with Crippen molar-refractivity contribution < 1.29 is 0 Å². The fraction of sp³-hybridized carbons (Fsp3) is 0.0588. The van der Waals surface area contributed by atoms with Crippen LogP contribution in [-0.2, 0) is 6.42 Å². The van der Waals surface area contributed by atoms with Crippen molar-refractivity contribution in [2.45, 2.75) is 19.8 Å². The second-order valence-corrected chi connectivity index (χ2v) is 14.0. The molecule has 1 heterocycles. The van der Waals surface area contributed by atoms with E-state index in [4.69, 9.17) is 0 Å². The summed E-state index contributed by atoms with van der Waals surface area (Å²) in [6.45, 7) is 2.32. The molecular formula is C51H37N. The van der Waals surface area contributed by atoms with Crippen molar-refractivity contribution in [2.24, 2.45) is 0 Å². The lowest BCUT2D eigenvalue weighted by Gasteiger charge is -2.23. The molecule has 9 aromatic rings. The Labute approximate surface area is 304 Å². The lowest BCUT2D eigenvalue weighted by atomic mass is 9.80. The maximum absolute atomic E-state index is 2.49. The number of hydrogen-bond donors (Lipinski definition) is 0. The van der Waals surface area contributed by atoms with Gasteiger partial charge in [-0.2, -0.15) is 0 Å². The van der Waals surface area contributed by atoms with Crippen LogP contribution in [0.4, 0.5) is 0 Å². The summed E-state index contributed by atoms with van der Waals surface area (Å²) in [7, 11) is 0. The highest BCUT2D eigenvalue weighted by Crippen LogP contribution is 2.47. The molecular weight excluding hydrogens is 627 g/mol. The maximum Gasteiger partial charge on any atom is 0.0544 e. The predicted molar refractivity (Wildman–Crippen MR) is 222 cm³/mol. The van der Waals surface area contributed by atoms with Gasteiger partial charge in [0.1, 0.15) is 0 Å². The molecule has 8 aromatic carbocycles. The van der Waals surface area contributed by atoms with Gasteiger partial charge in [-0.15, -0.1) is 0 Å². The van der Waals surface area contributed by atoms with Gasteiger partial charge in [-0.1, -0.05) is 152 Å². The number of benzene rings is 8. The molecule has 0 bridgehead atoms.